The van der Waals surface area contributed by atoms with Gasteiger partial charge >= 0.3 is 0 Å². The van der Waals surface area contributed by atoms with Crippen LogP contribution in [0.3, 0.4) is 0 Å². The number of hydrogen-bond donors (Lipinski definition) is 1. The molecule has 0 fully saturated rings. The van der Waals surface area contributed by atoms with E-state index in [1.165, 1.54) is 17.5 Å². The summed E-state index contributed by atoms with van der Waals surface area (Å²) in [5.74, 6) is 1.84. The number of likely N-dealkylation sites (N-methyl/N-ethyl adjacent to an activating group) is 1. The Hall–Kier alpha value is -1.68. The topological polar surface area (TPSA) is 51.0 Å². The molecule has 0 saturated heterocycles. The zero-order chi connectivity index (χ0) is 13.9. The summed E-state index contributed by atoms with van der Waals surface area (Å²) in [4.78, 5) is 4.60. The summed E-state index contributed by atoms with van der Waals surface area (Å²) in [5.41, 5.74) is 2.78. The molecule has 4 heteroatoms. The average Bonchev–Trinajstić information content (AvgIpc) is 2.94. The highest BCUT2D eigenvalue weighted by atomic mass is 16.5. The van der Waals surface area contributed by atoms with Gasteiger partial charge in [-0.3, -0.25) is 0 Å². The lowest BCUT2D eigenvalue weighted by atomic mass is 9.83. The number of benzene rings is 1. The highest BCUT2D eigenvalue weighted by molar-refractivity contribution is 5.35. The molecule has 1 aliphatic carbocycles. The maximum Gasteiger partial charge on any atom is 0.234 e. The molecule has 2 aromatic rings. The normalized spacial score (nSPS) is 19.6. The summed E-state index contributed by atoms with van der Waals surface area (Å²) in [6.45, 7) is 2.12. The molecule has 0 amide bonds. The molecule has 1 N–H and O–H groups in total. The summed E-state index contributed by atoms with van der Waals surface area (Å²) in [7, 11) is 1.95. The van der Waals surface area contributed by atoms with E-state index in [-0.39, 0.29) is 5.92 Å². The summed E-state index contributed by atoms with van der Waals surface area (Å²) >= 11 is 0. The number of rotatable bonds is 4. The third-order valence-electron chi connectivity index (χ3n) is 4.13. The Kier molecular flexibility index (Phi) is 3.83. The molecule has 0 spiro atoms. The minimum absolute atomic E-state index is 0.270. The van der Waals surface area contributed by atoms with Gasteiger partial charge in [0.05, 0.1) is 5.92 Å². The van der Waals surface area contributed by atoms with E-state index >= 15 is 0 Å². The van der Waals surface area contributed by atoms with Crippen LogP contribution in [0.4, 0.5) is 0 Å². The van der Waals surface area contributed by atoms with Gasteiger partial charge in [0.25, 0.3) is 0 Å². The Balaban J connectivity index is 1.84. The minimum Gasteiger partial charge on any atom is -0.339 e. The maximum absolute atomic E-state index is 5.52. The van der Waals surface area contributed by atoms with Crippen molar-refractivity contribution in [3.8, 4) is 0 Å². The van der Waals surface area contributed by atoms with Gasteiger partial charge < -0.3 is 9.84 Å². The number of fused-ring (bicyclic) bond motifs is 1. The van der Waals surface area contributed by atoms with E-state index in [9.17, 15) is 0 Å². The van der Waals surface area contributed by atoms with E-state index in [0.29, 0.717) is 6.04 Å². The van der Waals surface area contributed by atoms with E-state index < -0.39 is 0 Å². The fraction of sp³-hybridized carbons (Fsp3) is 0.500. The second-order valence-corrected chi connectivity index (χ2v) is 5.59. The molecule has 106 valence electrons. The van der Waals surface area contributed by atoms with Crippen LogP contribution in [-0.2, 0) is 12.8 Å². The lowest BCUT2D eigenvalue weighted by Crippen LogP contribution is -2.24. The highest BCUT2D eigenvalue weighted by Gasteiger charge is 2.26. The molecule has 4 nitrogen and oxygen atoms in total. The quantitative estimate of drug-likeness (QED) is 0.929. The number of hydrogen-bond acceptors (Lipinski definition) is 4. The average molecular weight is 271 g/mol. The van der Waals surface area contributed by atoms with Gasteiger partial charge in [-0.15, -0.1) is 0 Å². The van der Waals surface area contributed by atoms with Crippen LogP contribution in [0.2, 0.25) is 0 Å². The summed E-state index contributed by atoms with van der Waals surface area (Å²) in [5, 5.41) is 7.32. The molecule has 0 bridgehead atoms. The Labute approximate surface area is 119 Å². The van der Waals surface area contributed by atoms with E-state index in [1.54, 1.807) is 0 Å². The fourth-order valence-corrected chi connectivity index (χ4v) is 2.88. The first-order valence-corrected chi connectivity index (χ1v) is 7.35. The SMILES string of the molecule is CNC(C)Cc1noc(C2CCCc3ccccc32)n1. The number of nitrogens with zero attached hydrogens (tertiary/aromatic N) is 2. The first-order valence-electron chi connectivity index (χ1n) is 7.35. The third-order valence-corrected chi connectivity index (χ3v) is 4.13. The number of aromatic nitrogens is 2. The predicted molar refractivity (Wildman–Crippen MR) is 77.7 cm³/mol. The van der Waals surface area contributed by atoms with Crippen molar-refractivity contribution >= 4 is 0 Å². The highest BCUT2D eigenvalue weighted by Crippen LogP contribution is 2.35. The Morgan fingerprint density at radius 3 is 3.10 bits per heavy atom. The van der Waals surface area contributed by atoms with Crippen molar-refractivity contribution in [1.29, 1.82) is 0 Å². The molecule has 1 heterocycles. The van der Waals surface area contributed by atoms with Crippen molar-refractivity contribution in [2.45, 2.75) is 44.6 Å². The molecule has 1 aromatic carbocycles. The summed E-state index contributed by atoms with van der Waals surface area (Å²) in [6.07, 6.45) is 4.24. The lowest BCUT2D eigenvalue weighted by molar-refractivity contribution is 0.349. The van der Waals surface area contributed by atoms with Crippen molar-refractivity contribution in [2.24, 2.45) is 0 Å². The van der Waals surface area contributed by atoms with Gasteiger partial charge in [0, 0.05) is 12.5 Å². The van der Waals surface area contributed by atoms with Crippen molar-refractivity contribution in [3.05, 3.63) is 47.1 Å². The van der Waals surface area contributed by atoms with Gasteiger partial charge in [-0.25, -0.2) is 0 Å². The van der Waals surface area contributed by atoms with Crippen LogP contribution in [0.25, 0.3) is 0 Å². The van der Waals surface area contributed by atoms with E-state index in [4.69, 9.17) is 4.52 Å². The predicted octanol–water partition coefficient (Wildman–Crippen LogP) is 2.69. The summed E-state index contributed by atoms with van der Waals surface area (Å²) in [6, 6.07) is 8.97. The lowest BCUT2D eigenvalue weighted by Gasteiger charge is -2.22. The van der Waals surface area contributed by atoms with Gasteiger partial charge in [0.1, 0.15) is 0 Å². The van der Waals surface area contributed by atoms with E-state index in [2.05, 4.69) is 46.6 Å². The van der Waals surface area contributed by atoms with Crippen LogP contribution in [0, 0.1) is 0 Å². The molecule has 0 saturated carbocycles. The second kappa shape index (κ2) is 5.75. The Morgan fingerprint density at radius 2 is 2.25 bits per heavy atom. The largest absolute Gasteiger partial charge is 0.339 e. The van der Waals surface area contributed by atoms with Crippen LogP contribution in [0.5, 0.6) is 0 Å². The van der Waals surface area contributed by atoms with E-state index in [1.807, 2.05) is 7.05 Å². The standard InChI is InChI=1S/C16H21N3O/c1-11(17-2)10-15-18-16(20-19-15)14-9-5-7-12-6-3-4-8-13(12)14/h3-4,6,8,11,14,17H,5,7,9-10H2,1-2H3. The van der Waals surface area contributed by atoms with Gasteiger partial charge in [-0.05, 0) is 44.4 Å². The van der Waals surface area contributed by atoms with Gasteiger partial charge in [-0.1, -0.05) is 29.4 Å². The molecule has 2 unspecified atom stereocenters. The van der Waals surface area contributed by atoms with Crippen molar-refractivity contribution in [1.82, 2.24) is 15.5 Å². The fourth-order valence-electron chi connectivity index (χ4n) is 2.88. The van der Waals surface area contributed by atoms with E-state index in [0.717, 1.165) is 31.0 Å². The van der Waals surface area contributed by atoms with Gasteiger partial charge in [0.2, 0.25) is 5.89 Å². The molecular formula is C16H21N3O. The van der Waals surface area contributed by atoms with Crippen LogP contribution in [0.1, 0.15) is 48.5 Å². The zero-order valence-electron chi connectivity index (χ0n) is 12.1. The molecule has 0 aliphatic heterocycles. The van der Waals surface area contributed by atoms with Crippen LogP contribution in [0.15, 0.2) is 28.8 Å². The monoisotopic (exact) mass is 271 g/mol. The second-order valence-electron chi connectivity index (χ2n) is 5.59. The molecular weight excluding hydrogens is 250 g/mol. The molecule has 20 heavy (non-hydrogen) atoms. The Bertz CT molecular complexity index is 579. The van der Waals surface area contributed by atoms with Crippen molar-refractivity contribution in [3.63, 3.8) is 0 Å². The number of aryl methyl sites for hydroxylation is 1. The van der Waals surface area contributed by atoms with Crippen molar-refractivity contribution in [2.75, 3.05) is 7.05 Å². The minimum atomic E-state index is 0.270. The first-order chi connectivity index (χ1) is 9.78. The molecule has 3 rings (SSSR count). The van der Waals surface area contributed by atoms with Crippen molar-refractivity contribution < 1.29 is 4.52 Å². The van der Waals surface area contributed by atoms with Crippen LogP contribution >= 0.6 is 0 Å². The Morgan fingerprint density at radius 1 is 1.40 bits per heavy atom. The zero-order valence-corrected chi connectivity index (χ0v) is 12.1. The van der Waals surface area contributed by atoms with Crippen LogP contribution < -0.4 is 5.32 Å². The third kappa shape index (κ3) is 2.61. The first kappa shape index (κ1) is 13.3. The molecule has 0 radical (unpaired) electrons. The molecule has 1 aliphatic rings. The number of nitrogens with one attached hydrogen (secondary N) is 1. The van der Waals surface area contributed by atoms with Gasteiger partial charge in [-0.2, -0.15) is 4.98 Å². The maximum atomic E-state index is 5.52. The van der Waals surface area contributed by atoms with Gasteiger partial charge in [0.15, 0.2) is 5.82 Å². The summed E-state index contributed by atoms with van der Waals surface area (Å²) < 4.78 is 5.52. The van der Waals surface area contributed by atoms with Crippen LogP contribution in [-0.4, -0.2) is 23.2 Å². The smallest absolute Gasteiger partial charge is 0.234 e. The molecule has 2 atom stereocenters. The molecule has 1 aromatic heterocycles.